The molecule has 0 spiro atoms. The molecule has 0 radical (unpaired) electrons. The molecular formula is C11H22N2O4S. The van der Waals surface area contributed by atoms with E-state index in [1.807, 2.05) is 6.92 Å². The summed E-state index contributed by atoms with van der Waals surface area (Å²) in [6.07, 6.45) is 1.04. The van der Waals surface area contributed by atoms with Crippen molar-refractivity contribution in [3.63, 3.8) is 0 Å². The van der Waals surface area contributed by atoms with Crippen LogP contribution in [-0.2, 0) is 19.4 Å². The van der Waals surface area contributed by atoms with Gasteiger partial charge in [-0.05, 0) is 12.8 Å². The smallest absolute Gasteiger partial charge is 0.239 e. The van der Waals surface area contributed by atoms with Crippen molar-refractivity contribution in [3.8, 4) is 0 Å². The van der Waals surface area contributed by atoms with E-state index in [1.165, 1.54) is 0 Å². The van der Waals surface area contributed by atoms with Crippen molar-refractivity contribution in [3.05, 3.63) is 0 Å². The Labute approximate surface area is 108 Å². The minimum atomic E-state index is -3.01. The van der Waals surface area contributed by atoms with Crippen LogP contribution in [0.1, 0.15) is 19.8 Å². The van der Waals surface area contributed by atoms with Crippen molar-refractivity contribution in [2.75, 3.05) is 31.8 Å². The molecule has 1 amide bonds. The Bertz CT molecular complexity index is 383. The molecule has 0 aliphatic carbocycles. The van der Waals surface area contributed by atoms with Crippen LogP contribution in [0.25, 0.3) is 0 Å². The van der Waals surface area contributed by atoms with Crippen LogP contribution in [0.3, 0.4) is 0 Å². The van der Waals surface area contributed by atoms with Crippen LogP contribution in [0.5, 0.6) is 0 Å². The molecule has 1 saturated heterocycles. The number of amides is 1. The van der Waals surface area contributed by atoms with Crippen LogP contribution in [-0.4, -0.2) is 63.1 Å². The lowest BCUT2D eigenvalue weighted by molar-refractivity contribution is -0.135. The molecule has 6 nitrogen and oxygen atoms in total. The highest BCUT2D eigenvalue weighted by Gasteiger charge is 2.35. The first-order valence-electron chi connectivity index (χ1n) is 6.16. The van der Waals surface area contributed by atoms with Gasteiger partial charge < -0.3 is 15.4 Å². The Hall–Kier alpha value is -0.660. The van der Waals surface area contributed by atoms with Gasteiger partial charge >= 0.3 is 0 Å². The van der Waals surface area contributed by atoms with Gasteiger partial charge in [-0.3, -0.25) is 4.79 Å². The molecule has 0 bridgehead atoms. The van der Waals surface area contributed by atoms with Crippen molar-refractivity contribution < 1.29 is 17.9 Å². The topological polar surface area (TPSA) is 89.7 Å². The fourth-order valence-electron chi connectivity index (χ4n) is 2.07. The molecule has 1 aliphatic heterocycles. The van der Waals surface area contributed by atoms with Gasteiger partial charge in [0.1, 0.15) is 0 Å². The van der Waals surface area contributed by atoms with Crippen LogP contribution in [0.4, 0.5) is 0 Å². The number of sulfone groups is 1. The van der Waals surface area contributed by atoms with Crippen LogP contribution < -0.4 is 5.73 Å². The first kappa shape index (κ1) is 15.4. The summed E-state index contributed by atoms with van der Waals surface area (Å²) in [7, 11) is -1.46. The fraction of sp³-hybridized carbons (Fsp3) is 0.909. The van der Waals surface area contributed by atoms with Gasteiger partial charge in [-0.1, -0.05) is 6.92 Å². The molecule has 106 valence electrons. The van der Waals surface area contributed by atoms with Gasteiger partial charge in [0.05, 0.1) is 24.2 Å². The zero-order valence-electron chi connectivity index (χ0n) is 11.0. The minimum Gasteiger partial charge on any atom is -0.383 e. The third-order valence-corrected chi connectivity index (χ3v) is 4.98. The van der Waals surface area contributed by atoms with E-state index in [-0.39, 0.29) is 23.5 Å². The van der Waals surface area contributed by atoms with Crippen molar-refractivity contribution in [2.45, 2.75) is 31.8 Å². The number of rotatable bonds is 6. The van der Waals surface area contributed by atoms with E-state index in [1.54, 1.807) is 12.0 Å². The fourth-order valence-corrected chi connectivity index (χ4v) is 3.80. The number of hydrogen-bond acceptors (Lipinski definition) is 5. The summed E-state index contributed by atoms with van der Waals surface area (Å²) < 4.78 is 27.9. The Morgan fingerprint density at radius 1 is 1.56 bits per heavy atom. The molecule has 1 unspecified atom stereocenters. The summed E-state index contributed by atoms with van der Waals surface area (Å²) in [6.45, 7) is 2.62. The van der Waals surface area contributed by atoms with E-state index in [2.05, 4.69) is 0 Å². The van der Waals surface area contributed by atoms with Gasteiger partial charge in [0.2, 0.25) is 5.91 Å². The summed E-state index contributed by atoms with van der Waals surface area (Å²) in [5.74, 6) is 0.00551. The molecular weight excluding hydrogens is 256 g/mol. The standard InChI is InChI=1S/C11H22N2O4S/c1-3-10(12)11(14)13(5-6-17-2)9-4-7-18(15,16)8-9/h9-10H,3-8,12H2,1-2H3/t9?,10-/m0/s1. The minimum absolute atomic E-state index is 0.0406. The third-order valence-electron chi connectivity index (χ3n) is 3.23. The average Bonchev–Trinajstić information content (AvgIpc) is 2.68. The summed E-state index contributed by atoms with van der Waals surface area (Å²) in [4.78, 5) is 13.7. The lowest BCUT2D eigenvalue weighted by atomic mass is 10.1. The summed E-state index contributed by atoms with van der Waals surface area (Å²) >= 11 is 0. The van der Waals surface area contributed by atoms with Gasteiger partial charge in [-0.25, -0.2) is 8.42 Å². The lowest BCUT2D eigenvalue weighted by Crippen LogP contribution is -2.50. The van der Waals surface area contributed by atoms with Crippen molar-refractivity contribution in [2.24, 2.45) is 5.73 Å². The number of nitrogens with zero attached hydrogens (tertiary/aromatic N) is 1. The van der Waals surface area contributed by atoms with Gasteiger partial charge in [0.25, 0.3) is 0 Å². The number of carbonyl (C=O) groups is 1. The molecule has 18 heavy (non-hydrogen) atoms. The SMILES string of the molecule is CC[C@H](N)C(=O)N(CCOC)C1CCS(=O)(=O)C1. The second-order valence-corrected chi connectivity index (χ2v) is 6.82. The molecule has 0 aromatic rings. The van der Waals surface area contributed by atoms with Gasteiger partial charge in [-0.15, -0.1) is 0 Å². The molecule has 2 N–H and O–H groups in total. The second kappa shape index (κ2) is 6.49. The van der Waals surface area contributed by atoms with E-state index >= 15 is 0 Å². The van der Waals surface area contributed by atoms with Crippen LogP contribution >= 0.6 is 0 Å². The van der Waals surface area contributed by atoms with Crippen molar-refractivity contribution in [1.82, 2.24) is 4.90 Å². The Balaban J connectivity index is 2.75. The van der Waals surface area contributed by atoms with Crippen molar-refractivity contribution >= 4 is 15.7 Å². The largest absolute Gasteiger partial charge is 0.383 e. The summed E-state index contributed by atoms with van der Waals surface area (Å²) in [5, 5.41) is 0. The molecule has 0 aromatic carbocycles. The predicted octanol–water partition coefficient (Wildman–Crippen LogP) is -0.614. The summed E-state index contributed by atoms with van der Waals surface area (Å²) in [6, 6.07) is -0.819. The molecule has 1 heterocycles. The van der Waals surface area contributed by atoms with Crippen LogP contribution in [0.15, 0.2) is 0 Å². The second-order valence-electron chi connectivity index (χ2n) is 4.60. The van der Waals surface area contributed by atoms with E-state index in [0.29, 0.717) is 26.0 Å². The highest BCUT2D eigenvalue weighted by Crippen LogP contribution is 2.18. The Kier molecular flexibility index (Phi) is 5.55. The average molecular weight is 278 g/mol. The molecule has 0 saturated carbocycles. The van der Waals surface area contributed by atoms with Crippen LogP contribution in [0, 0.1) is 0 Å². The highest BCUT2D eigenvalue weighted by molar-refractivity contribution is 7.91. The maximum Gasteiger partial charge on any atom is 0.239 e. The normalized spacial score (nSPS) is 23.8. The van der Waals surface area contributed by atoms with E-state index < -0.39 is 15.9 Å². The van der Waals surface area contributed by atoms with Crippen LogP contribution in [0.2, 0.25) is 0 Å². The molecule has 1 rings (SSSR count). The van der Waals surface area contributed by atoms with E-state index in [4.69, 9.17) is 10.5 Å². The third kappa shape index (κ3) is 3.93. The number of nitrogens with two attached hydrogens (primary N) is 1. The maximum absolute atomic E-state index is 12.1. The maximum atomic E-state index is 12.1. The highest BCUT2D eigenvalue weighted by atomic mass is 32.2. The number of hydrogen-bond donors (Lipinski definition) is 1. The van der Waals surface area contributed by atoms with Gasteiger partial charge in [0.15, 0.2) is 9.84 Å². The van der Waals surface area contributed by atoms with Crippen molar-refractivity contribution in [1.29, 1.82) is 0 Å². The van der Waals surface area contributed by atoms with E-state index in [0.717, 1.165) is 0 Å². The predicted molar refractivity (Wildman–Crippen MR) is 68.9 cm³/mol. The first-order valence-corrected chi connectivity index (χ1v) is 7.98. The monoisotopic (exact) mass is 278 g/mol. The molecule has 1 fully saturated rings. The zero-order valence-corrected chi connectivity index (χ0v) is 11.8. The van der Waals surface area contributed by atoms with E-state index in [9.17, 15) is 13.2 Å². The van der Waals surface area contributed by atoms with Gasteiger partial charge in [0, 0.05) is 19.7 Å². The number of carbonyl (C=O) groups excluding carboxylic acids is 1. The van der Waals surface area contributed by atoms with Gasteiger partial charge in [-0.2, -0.15) is 0 Å². The quantitative estimate of drug-likeness (QED) is 0.700. The number of methoxy groups -OCH3 is 1. The number of ether oxygens (including phenoxy) is 1. The Morgan fingerprint density at radius 2 is 2.22 bits per heavy atom. The molecule has 7 heteroatoms. The first-order chi connectivity index (χ1) is 8.41. The lowest BCUT2D eigenvalue weighted by Gasteiger charge is -2.30. The Morgan fingerprint density at radius 3 is 2.67 bits per heavy atom. The summed E-state index contributed by atoms with van der Waals surface area (Å²) in [5.41, 5.74) is 5.74. The molecule has 2 atom stereocenters. The molecule has 1 aliphatic rings. The molecule has 0 aromatic heterocycles. The zero-order chi connectivity index (χ0) is 13.8.